The van der Waals surface area contributed by atoms with Crippen LogP contribution < -0.4 is 10.6 Å². The number of anilines is 1. The monoisotopic (exact) mass is 461 g/mol. The molecule has 0 spiro atoms. The van der Waals surface area contributed by atoms with Crippen LogP contribution in [0.1, 0.15) is 0 Å². The van der Waals surface area contributed by atoms with Crippen LogP contribution in [0, 0.1) is 5.82 Å². The number of halogens is 1. The van der Waals surface area contributed by atoms with Crippen molar-refractivity contribution < 1.29 is 18.4 Å². The topological polar surface area (TPSA) is 84.2 Å². The molecule has 0 saturated carbocycles. The third kappa shape index (κ3) is 6.08. The first-order chi connectivity index (χ1) is 16.1. The maximum atomic E-state index is 12.9. The van der Waals surface area contributed by atoms with E-state index in [9.17, 15) is 14.0 Å². The van der Waals surface area contributed by atoms with Gasteiger partial charge in [-0.2, -0.15) is 0 Å². The molecule has 4 rings (SSSR count). The Balaban J connectivity index is 1.37. The Labute approximate surface area is 194 Å². The lowest BCUT2D eigenvalue weighted by molar-refractivity contribution is -0.122. The highest BCUT2D eigenvalue weighted by Crippen LogP contribution is 2.35. The maximum Gasteiger partial charge on any atom is 0.257 e. The van der Waals surface area contributed by atoms with E-state index < -0.39 is 11.7 Å². The van der Waals surface area contributed by atoms with Crippen LogP contribution in [-0.4, -0.2) is 29.1 Å². The zero-order valence-electron chi connectivity index (χ0n) is 17.5. The van der Waals surface area contributed by atoms with Crippen molar-refractivity contribution in [2.75, 3.05) is 17.6 Å². The Morgan fingerprint density at radius 3 is 2.15 bits per heavy atom. The molecule has 8 heteroatoms. The highest BCUT2D eigenvalue weighted by molar-refractivity contribution is 7.99. The first-order valence-corrected chi connectivity index (χ1v) is 11.1. The fourth-order valence-electron chi connectivity index (χ4n) is 3.03. The number of nitrogens with zero attached hydrogens (tertiary/aromatic N) is 1. The molecular formula is C25H20FN3O3S. The Morgan fingerprint density at radius 2 is 1.48 bits per heavy atom. The summed E-state index contributed by atoms with van der Waals surface area (Å²) in [6, 6.07) is 24.7. The molecule has 2 amide bonds. The molecule has 0 aliphatic heterocycles. The summed E-state index contributed by atoms with van der Waals surface area (Å²) in [5.41, 5.74) is 2.95. The number of nitrogens with one attached hydrogen (secondary N) is 2. The summed E-state index contributed by atoms with van der Waals surface area (Å²) in [5.74, 6) is -0.477. The van der Waals surface area contributed by atoms with E-state index in [-0.39, 0.29) is 18.2 Å². The highest BCUT2D eigenvalue weighted by Gasteiger charge is 2.18. The largest absolute Gasteiger partial charge is 0.431 e. The van der Waals surface area contributed by atoms with Crippen molar-refractivity contribution in [3.8, 4) is 22.6 Å². The summed E-state index contributed by atoms with van der Waals surface area (Å²) in [4.78, 5) is 28.8. The Kier molecular flexibility index (Phi) is 7.16. The first-order valence-electron chi connectivity index (χ1n) is 10.1. The molecule has 0 radical (unpaired) electrons. The van der Waals surface area contributed by atoms with Crippen molar-refractivity contribution in [2.24, 2.45) is 0 Å². The van der Waals surface area contributed by atoms with E-state index in [1.807, 2.05) is 60.7 Å². The second-order valence-corrected chi connectivity index (χ2v) is 7.94. The lowest BCUT2D eigenvalue weighted by atomic mass is 10.1. The van der Waals surface area contributed by atoms with Gasteiger partial charge in [-0.05, 0) is 24.3 Å². The maximum absolute atomic E-state index is 12.9. The predicted octanol–water partition coefficient (Wildman–Crippen LogP) is 4.99. The average molecular weight is 462 g/mol. The molecule has 166 valence electrons. The average Bonchev–Trinajstić information content (AvgIpc) is 3.28. The quantitative estimate of drug-likeness (QED) is 0.361. The fraction of sp³-hybridized carbons (Fsp3) is 0.0800. The number of thioether (sulfide) groups is 1. The molecule has 0 atom stereocenters. The summed E-state index contributed by atoms with van der Waals surface area (Å²) < 4.78 is 18.9. The number of oxazole rings is 1. The molecule has 1 heterocycles. The molecule has 0 fully saturated rings. The van der Waals surface area contributed by atoms with Gasteiger partial charge >= 0.3 is 0 Å². The number of rotatable bonds is 8. The molecule has 6 nitrogen and oxygen atoms in total. The van der Waals surface area contributed by atoms with Crippen LogP contribution in [0.5, 0.6) is 0 Å². The van der Waals surface area contributed by atoms with Gasteiger partial charge in [-0.25, -0.2) is 9.37 Å². The molecule has 0 saturated heterocycles. The predicted molar refractivity (Wildman–Crippen MR) is 126 cm³/mol. The number of hydrogen-bond acceptors (Lipinski definition) is 5. The van der Waals surface area contributed by atoms with Crippen LogP contribution >= 0.6 is 11.8 Å². The minimum Gasteiger partial charge on any atom is -0.431 e. The van der Waals surface area contributed by atoms with Gasteiger partial charge < -0.3 is 15.1 Å². The van der Waals surface area contributed by atoms with Gasteiger partial charge in [0, 0.05) is 16.8 Å². The van der Waals surface area contributed by atoms with Gasteiger partial charge in [-0.15, -0.1) is 0 Å². The second kappa shape index (κ2) is 10.6. The van der Waals surface area contributed by atoms with Crippen molar-refractivity contribution in [3.05, 3.63) is 90.7 Å². The first kappa shape index (κ1) is 22.3. The van der Waals surface area contributed by atoms with Gasteiger partial charge in [-0.1, -0.05) is 72.4 Å². The van der Waals surface area contributed by atoms with E-state index in [1.165, 1.54) is 24.3 Å². The van der Waals surface area contributed by atoms with Crippen molar-refractivity contribution in [1.29, 1.82) is 0 Å². The molecular weight excluding hydrogens is 441 g/mol. The molecule has 0 unspecified atom stereocenters. The molecule has 3 aromatic carbocycles. The number of carbonyl (C=O) groups is 2. The fourth-order valence-corrected chi connectivity index (χ4v) is 3.69. The second-order valence-electron chi connectivity index (χ2n) is 7.01. The summed E-state index contributed by atoms with van der Waals surface area (Å²) in [6.07, 6.45) is 0. The van der Waals surface area contributed by atoms with Gasteiger partial charge in [-0.3, -0.25) is 9.59 Å². The lowest BCUT2D eigenvalue weighted by Crippen LogP contribution is -2.33. The van der Waals surface area contributed by atoms with Gasteiger partial charge in [0.05, 0.1) is 12.3 Å². The lowest BCUT2D eigenvalue weighted by Gasteiger charge is -2.06. The van der Waals surface area contributed by atoms with Crippen LogP contribution in [0.3, 0.4) is 0 Å². The molecule has 0 bridgehead atoms. The standard InChI is InChI=1S/C25H20FN3O3S/c26-19-11-13-20(14-12-19)28-21(30)15-27-22(31)16-33-25-29-23(17-7-3-1-4-8-17)24(32-25)18-9-5-2-6-10-18/h1-14H,15-16H2,(H,27,31)(H,28,30). The van der Waals surface area contributed by atoms with Crippen LogP contribution in [0.25, 0.3) is 22.6 Å². The number of carbonyl (C=O) groups excluding carboxylic acids is 2. The molecule has 2 N–H and O–H groups in total. The van der Waals surface area contributed by atoms with E-state index in [0.29, 0.717) is 22.4 Å². The van der Waals surface area contributed by atoms with Gasteiger partial charge in [0.15, 0.2) is 5.76 Å². The summed E-state index contributed by atoms with van der Waals surface area (Å²) in [5, 5.41) is 5.50. The minimum absolute atomic E-state index is 0.0345. The van der Waals surface area contributed by atoms with Crippen molar-refractivity contribution in [3.63, 3.8) is 0 Å². The van der Waals surface area contributed by atoms with Crippen LogP contribution in [0.4, 0.5) is 10.1 Å². The van der Waals surface area contributed by atoms with Crippen molar-refractivity contribution in [2.45, 2.75) is 5.22 Å². The molecule has 4 aromatic rings. The zero-order chi connectivity index (χ0) is 23.0. The number of benzene rings is 3. The zero-order valence-corrected chi connectivity index (χ0v) is 18.3. The van der Waals surface area contributed by atoms with E-state index in [2.05, 4.69) is 15.6 Å². The van der Waals surface area contributed by atoms with Gasteiger partial charge in [0.1, 0.15) is 11.5 Å². The number of hydrogen-bond donors (Lipinski definition) is 2. The smallest absolute Gasteiger partial charge is 0.257 e. The number of amides is 2. The molecule has 1 aromatic heterocycles. The normalized spacial score (nSPS) is 10.6. The Morgan fingerprint density at radius 1 is 0.848 bits per heavy atom. The van der Waals surface area contributed by atoms with Crippen LogP contribution in [-0.2, 0) is 9.59 Å². The SMILES string of the molecule is O=C(CSc1nc(-c2ccccc2)c(-c2ccccc2)o1)NCC(=O)Nc1ccc(F)cc1. The molecule has 33 heavy (non-hydrogen) atoms. The highest BCUT2D eigenvalue weighted by atomic mass is 32.2. The van der Waals surface area contributed by atoms with Crippen molar-refractivity contribution in [1.82, 2.24) is 10.3 Å². The summed E-state index contributed by atoms with van der Waals surface area (Å²) >= 11 is 1.15. The Bertz CT molecular complexity index is 1170. The molecule has 0 aliphatic carbocycles. The van der Waals surface area contributed by atoms with E-state index in [4.69, 9.17) is 4.42 Å². The van der Waals surface area contributed by atoms with Crippen molar-refractivity contribution >= 4 is 29.3 Å². The van der Waals surface area contributed by atoms with Gasteiger partial charge in [0.2, 0.25) is 11.8 Å². The van der Waals surface area contributed by atoms with Gasteiger partial charge in [0.25, 0.3) is 5.22 Å². The summed E-state index contributed by atoms with van der Waals surface area (Å²) in [7, 11) is 0. The van der Waals surface area contributed by atoms with E-state index in [0.717, 1.165) is 22.9 Å². The van der Waals surface area contributed by atoms with E-state index in [1.54, 1.807) is 0 Å². The van der Waals surface area contributed by atoms with Crippen LogP contribution in [0.15, 0.2) is 94.6 Å². The third-order valence-corrected chi connectivity index (χ3v) is 5.42. The molecule has 0 aliphatic rings. The number of aromatic nitrogens is 1. The summed E-state index contributed by atoms with van der Waals surface area (Å²) in [6.45, 7) is -0.202. The minimum atomic E-state index is -0.409. The van der Waals surface area contributed by atoms with E-state index >= 15 is 0 Å². The third-order valence-electron chi connectivity index (χ3n) is 4.59. The Hall–Kier alpha value is -3.91. The van der Waals surface area contributed by atoms with Crippen LogP contribution in [0.2, 0.25) is 0 Å².